The second-order valence-electron chi connectivity index (χ2n) is 7.75. The average Bonchev–Trinajstić information content (AvgIpc) is 3.41. The van der Waals surface area contributed by atoms with Crippen LogP contribution in [0.25, 0.3) is 17.0 Å². The molecule has 0 aromatic carbocycles. The van der Waals surface area contributed by atoms with Crippen LogP contribution < -0.4 is 20.3 Å². The molecule has 2 unspecified atom stereocenters. The van der Waals surface area contributed by atoms with Gasteiger partial charge in [0, 0.05) is 25.6 Å². The summed E-state index contributed by atoms with van der Waals surface area (Å²) in [5.41, 5.74) is 0.641. The molecule has 2 fully saturated rings. The van der Waals surface area contributed by atoms with Crippen LogP contribution in [-0.2, 0) is 4.79 Å². The number of nitrogens with zero attached hydrogens (tertiary/aromatic N) is 6. The predicted molar refractivity (Wildman–Crippen MR) is 112 cm³/mol. The lowest BCUT2D eigenvalue weighted by Crippen LogP contribution is -2.46. The third-order valence-electron chi connectivity index (χ3n) is 5.69. The molecule has 0 bridgehead atoms. The monoisotopic (exact) mass is 444 g/mol. The molecule has 5 heterocycles. The van der Waals surface area contributed by atoms with Crippen LogP contribution in [0.15, 0.2) is 18.5 Å². The number of fused-ring (bicyclic) bond motifs is 1. The first-order valence-corrected chi connectivity index (χ1v) is 10.4. The van der Waals surface area contributed by atoms with Gasteiger partial charge in [0.2, 0.25) is 11.9 Å². The molecule has 2 aliphatic heterocycles. The summed E-state index contributed by atoms with van der Waals surface area (Å²) in [7, 11) is 1.49. The Morgan fingerprint density at radius 2 is 2.19 bits per heavy atom. The van der Waals surface area contributed by atoms with E-state index in [-0.39, 0.29) is 23.2 Å². The Hall–Kier alpha value is -3.41. The van der Waals surface area contributed by atoms with Crippen LogP contribution in [0.1, 0.15) is 19.3 Å². The molecule has 5 rings (SSSR count). The van der Waals surface area contributed by atoms with E-state index in [0.717, 1.165) is 12.6 Å². The maximum absolute atomic E-state index is 14.7. The molecule has 32 heavy (non-hydrogen) atoms. The highest BCUT2D eigenvalue weighted by Gasteiger charge is 2.28. The molecule has 0 saturated carbocycles. The lowest BCUT2D eigenvalue weighted by molar-refractivity contribution is -0.117. The average molecular weight is 444 g/mol. The van der Waals surface area contributed by atoms with E-state index in [1.54, 1.807) is 11.0 Å². The Kier molecular flexibility index (Phi) is 5.29. The Morgan fingerprint density at radius 3 is 2.94 bits per heavy atom. The summed E-state index contributed by atoms with van der Waals surface area (Å²) in [5.74, 6) is 0.110. The van der Waals surface area contributed by atoms with Gasteiger partial charge in [-0.25, -0.2) is 28.2 Å². The van der Waals surface area contributed by atoms with Gasteiger partial charge in [-0.3, -0.25) is 9.69 Å². The molecule has 168 valence electrons. The fourth-order valence-electron chi connectivity index (χ4n) is 4.01. The van der Waals surface area contributed by atoms with Gasteiger partial charge in [-0.1, -0.05) is 0 Å². The zero-order valence-electron chi connectivity index (χ0n) is 17.4. The van der Waals surface area contributed by atoms with Crippen LogP contribution in [0.4, 0.5) is 20.5 Å². The van der Waals surface area contributed by atoms with Crippen LogP contribution in [-0.4, -0.2) is 69.4 Å². The number of hydrogen-bond donors (Lipinski definition) is 2. The topological polar surface area (TPSA) is 110 Å². The number of methoxy groups -OCH3 is 1. The zero-order valence-corrected chi connectivity index (χ0v) is 17.4. The number of aromatic nitrogens is 5. The molecule has 2 aliphatic rings. The summed E-state index contributed by atoms with van der Waals surface area (Å²) < 4.78 is 35.7. The number of amides is 1. The minimum atomic E-state index is -1.06. The molecule has 1 amide bonds. The van der Waals surface area contributed by atoms with Crippen molar-refractivity contribution in [2.24, 2.45) is 0 Å². The number of carbonyl (C=O) groups excluding carboxylic acids is 1. The van der Waals surface area contributed by atoms with Crippen molar-refractivity contribution in [2.45, 2.75) is 31.5 Å². The third-order valence-corrected chi connectivity index (χ3v) is 5.69. The number of imidazole rings is 1. The second kappa shape index (κ2) is 8.26. The summed E-state index contributed by atoms with van der Waals surface area (Å²) in [6.45, 7) is 1.54. The summed E-state index contributed by atoms with van der Waals surface area (Å²) in [6.07, 6.45) is 2.94. The molecule has 0 radical (unpaired) electrons. The number of carbonyl (C=O) groups is 1. The SMILES string of the molecule is COc1cc2ncc(-c3nc(NC4CNCCC4F)ncc3F)n2nc1N1CCCC1=O. The zero-order chi connectivity index (χ0) is 22.2. The van der Waals surface area contributed by atoms with E-state index in [2.05, 4.69) is 30.7 Å². The van der Waals surface area contributed by atoms with Gasteiger partial charge in [-0.15, -0.1) is 5.10 Å². The van der Waals surface area contributed by atoms with Crippen molar-refractivity contribution < 1.29 is 18.3 Å². The predicted octanol–water partition coefficient (Wildman–Crippen LogP) is 1.57. The van der Waals surface area contributed by atoms with Gasteiger partial charge in [0.1, 0.15) is 17.6 Å². The maximum Gasteiger partial charge on any atom is 0.228 e. The fourth-order valence-corrected chi connectivity index (χ4v) is 4.01. The molecule has 0 aliphatic carbocycles. The third kappa shape index (κ3) is 3.60. The molecule has 2 N–H and O–H groups in total. The molecule has 12 heteroatoms. The number of anilines is 2. The molecule has 3 aromatic heterocycles. The number of ether oxygens (including phenoxy) is 1. The smallest absolute Gasteiger partial charge is 0.228 e. The van der Waals surface area contributed by atoms with Crippen LogP contribution in [0, 0.1) is 5.82 Å². The number of rotatable bonds is 5. The summed E-state index contributed by atoms with van der Waals surface area (Å²) in [5, 5.41) is 10.6. The first-order valence-electron chi connectivity index (χ1n) is 10.4. The number of piperidine rings is 1. The van der Waals surface area contributed by atoms with Crippen molar-refractivity contribution >= 4 is 23.3 Å². The maximum atomic E-state index is 14.7. The number of alkyl halides is 1. The van der Waals surface area contributed by atoms with Crippen molar-refractivity contribution in [3.63, 3.8) is 0 Å². The van der Waals surface area contributed by atoms with Gasteiger partial charge in [-0.05, 0) is 19.4 Å². The number of halogens is 2. The Bertz CT molecular complexity index is 1170. The standard InChI is InChI=1S/C20H22F2N8O2/c1-32-15-7-16-24-10-14(30(16)28-19(15)29-6-2-3-17(29)31)18-12(22)8-25-20(27-18)26-13-9-23-5-4-11(13)21/h7-8,10-11,13,23H,2-6,9H2,1H3,(H,25,26,27). The summed E-state index contributed by atoms with van der Waals surface area (Å²) in [6, 6.07) is 1.12. The highest BCUT2D eigenvalue weighted by molar-refractivity contribution is 5.95. The van der Waals surface area contributed by atoms with Crippen molar-refractivity contribution in [2.75, 3.05) is 37.0 Å². The highest BCUT2D eigenvalue weighted by Crippen LogP contribution is 2.32. The lowest BCUT2D eigenvalue weighted by Gasteiger charge is -2.27. The van der Waals surface area contributed by atoms with E-state index >= 15 is 0 Å². The van der Waals surface area contributed by atoms with Crippen LogP contribution in [0.2, 0.25) is 0 Å². The van der Waals surface area contributed by atoms with Gasteiger partial charge < -0.3 is 15.4 Å². The van der Waals surface area contributed by atoms with Crippen molar-refractivity contribution in [3.8, 4) is 17.1 Å². The van der Waals surface area contributed by atoms with Crippen LogP contribution in [0.5, 0.6) is 5.75 Å². The van der Waals surface area contributed by atoms with Crippen LogP contribution in [0.3, 0.4) is 0 Å². The molecule has 2 saturated heterocycles. The van der Waals surface area contributed by atoms with Crippen molar-refractivity contribution in [1.82, 2.24) is 29.9 Å². The second-order valence-corrected chi connectivity index (χ2v) is 7.75. The van der Waals surface area contributed by atoms with Gasteiger partial charge in [0.05, 0.1) is 25.5 Å². The van der Waals surface area contributed by atoms with E-state index in [9.17, 15) is 13.6 Å². The van der Waals surface area contributed by atoms with Crippen molar-refractivity contribution in [3.05, 3.63) is 24.3 Å². The molecule has 0 spiro atoms. The molecule has 3 aromatic rings. The van der Waals surface area contributed by atoms with Gasteiger partial charge in [0.25, 0.3) is 0 Å². The largest absolute Gasteiger partial charge is 0.493 e. The summed E-state index contributed by atoms with van der Waals surface area (Å²) in [4.78, 5) is 26.3. The molecular formula is C20H22F2N8O2. The van der Waals surface area contributed by atoms with E-state index in [1.807, 2.05) is 0 Å². The summed E-state index contributed by atoms with van der Waals surface area (Å²) >= 11 is 0. The Morgan fingerprint density at radius 1 is 1.31 bits per heavy atom. The molecule has 2 atom stereocenters. The first kappa shape index (κ1) is 20.5. The Balaban J connectivity index is 1.55. The Labute approximate surface area is 182 Å². The first-order chi connectivity index (χ1) is 15.5. The van der Waals surface area contributed by atoms with Gasteiger partial charge in [-0.2, -0.15) is 0 Å². The van der Waals surface area contributed by atoms with E-state index in [1.165, 1.54) is 17.8 Å². The number of nitrogens with one attached hydrogen (secondary N) is 2. The minimum Gasteiger partial charge on any atom is -0.493 e. The van der Waals surface area contributed by atoms with Gasteiger partial charge >= 0.3 is 0 Å². The fraction of sp³-hybridized carbons (Fsp3) is 0.450. The lowest BCUT2D eigenvalue weighted by atomic mass is 10.1. The number of hydrogen-bond acceptors (Lipinski definition) is 8. The molecule has 10 nitrogen and oxygen atoms in total. The van der Waals surface area contributed by atoms with Gasteiger partial charge in [0.15, 0.2) is 23.0 Å². The minimum absolute atomic E-state index is 0.0365. The van der Waals surface area contributed by atoms with E-state index in [0.29, 0.717) is 49.7 Å². The van der Waals surface area contributed by atoms with Crippen LogP contribution >= 0.6 is 0 Å². The van der Waals surface area contributed by atoms with E-state index in [4.69, 9.17) is 4.74 Å². The highest BCUT2D eigenvalue weighted by atomic mass is 19.1. The van der Waals surface area contributed by atoms with E-state index < -0.39 is 18.0 Å². The normalized spacial score (nSPS) is 21.3. The molecular weight excluding hydrogens is 422 g/mol. The van der Waals surface area contributed by atoms with Crippen molar-refractivity contribution in [1.29, 1.82) is 0 Å². The quantitative estimate of drug-likeness (QED) is 0.611.